The minimum atomic E-state index is 1.03. The number of hydrogen-bond donors (Lipinski definition) is 0. The molecule has 1 nitrogen and oxygen atoms in total. The van der Waals surface area contributed by atoms with E-state index in [2.05, 4.69) is 109 Å². The van der Waals surface area contributed by atoms with E-state index < -0.39 is 0 Å². The molecule has 0 radical (unpaired) electrons. The number of benzene rings is 4. The molecule has 2 aliphatic carbocycles. The van der Waals surface area contributed by atoms with Crippen LogP contribution >= 0.6 is 0 Å². The maximum absolute atomic E-state index is 2.38. The Morgan fingerprint density at radius 1 is 0.645 bits per heavy atom. The summed E-state index contributed by atoms with van der Waals surface area (Å²) in [6.45, 7) is 0. The summed E-state index contributed by atoms with van der Waals surface area (Å²) in [6.07, 6.45) is 7.85. The highest BCUT2D eigenvalue weighted by molar-refractivity contribution is 5.84. The molecule has 0 atom stereocenters. The first-order valence-corrected chi connectivity index (χ1v) is 11.1. The van der Waals surface area contributed by atoms with Gasteiger partial charge in [-0.15, -0.1) is 0 Å². The van der Waals surface area contributed by atoms with E-state index in [4.69, 9.17) is 0 Å². The van der Waals surface area contributed by atoms with Gasteiger partial charge in [0.25, 0.3) is 0 Å². The van der Waals surface area contributed by atoms with Crippen LogP contribution in [-0.4, -0.2) is 7.05 Å². The summed E-state index contributed by atoms with van der Waals surface area (Å²) in [5.41, 5.74) is 13.6. The monoisotopic (exact) mass is 399 g/mol. The Labute approximate surface area is 184 Å². The second kappa shape index (κ2) is 7.28. The fraction of sp³-hybridized carbons (Fsp3) is 0.133. The number of allylic oxidation sites excluding steroid dienone is 1. The van der Waals surface area contributed by atoms with E-state index in [-0.39, 0.29) is 0 Å². The van der Waals surface area contributed by atoms with Gasteiger partial charge >= 0.3 is 0 Å². The Morgan fingerprint density at radius 2 is 1.42 bits per heavy atom. The lowest BCUT2D eigenvalue weighted by Crippen LogP contribution is -2.11. The zero-order chi connectivity index (χ0) is 20.8. The van der Waals surface area contributed by atoms with E-state index in [1.165, 1.54) is 55.9 Å². The van der Waals surface area contributed by atoms with Crippen molar-refractivity contribution < 1.29 is 0 Å². The fourth-order valence-electron chi connectivity index (χ4n) is 5.08. The van der Waals surface area contributed by atoms with E-state index in [9.17, 15) is 0 Å². The number of rotatable bonds is 3. The van der Waals surface area contributed by atoms with E-state index in [0.29, 0.717) is 0 Å². The van der Waals surface area contributed by atoms with Gasteiger partial charge in [0.1, 0.15) is 0 Å². The fourth-order valence-corrected chi connectivity index (χ4v) is 5.08. The van der Waals surface area contributed by atoms with E-state index in [1.54, 1.807) is 0 Å². The molecule has 2 aliphatic rings. The van der Waals surface area contributed by atoms with Crippen LogP contribution in [0.5, 0.6) is 0 Å². The van der Waals surface area contributed by atoms with Crippen molar-refractivity contribution in [2.24, 2.45) is 0 Å². The van der Waals surface area contributed by atoms with Gasteiger partial charge in [-0.05, 0) is 88.0 Å². The first kappa shape index (κ1) is 18.2. The molecule has 0 aromatic heterocycles. The SMILES string of the molecule is CN(c1ccc2c(c1)Cc1ccccc1-2)c1cc2c(c(-c3ccccc3)c1)C=CCC2. The summed E-state index contributed by atoms with van der Waals surface area (Å²) in [6, 6.07) is 31.2. The summed E-state index contributed by atoms with van der Waals surface area (Å²) < 4.78 is 0. The summed E-state index contributed by atoms with van der Waals surface area (Å²) in [4.78, 5) is 2.34. The molecule has 150 valence electrons. The van der Waals surface area contributed by atoms with Crippen molar-refractivity contribution in [3.8, 4) is 22.3 Å². The second-order valence-electron chi connectivity index (χ2n) is 8.61. The third kappa shape index (κ3) is 3.09. The maximum atomic E-state index is 2.38. The lowest BCUT2D eigenvalue weighted by atomic mass is 9.89. The van der Waals surface area contributed by atoms with Crippen LogP contribution in [0.3, 0.4) is 0 Å². The molecule has 0 aliphatic heterocycles. The third-order valence-electron chi connectivity index (χ3n) is 6.75. The predicted octanol–water partition coefficient (Wildman–Crippen LogP) is 7.65. The van der Waals surface area contributed by atoms with Crippen LogP contribution < -0.4 is 4.90 Å². The first-order valence-electron chi connectivity index (χ1n) is 11.1. The van der Waals surface area contributed by atoms with Crippen LogP contribution in [0.1, 0.15) is 28.7 Å². The molecule has 0 heterocycles. The average molecular weight is 400 g/mol. The van der Waals surface area contributed by atoms with Crippen molar-refractivity contribution >= 4 is 17.5 Å². The molecule has 0 unspecified atom stereocenters. The van der Waals surface area contributed by atoms with Gasteiger partial charge in [0.2, 0.25) is 0 Å². The molecule has 0 N–H and O–H groups in total. The molecule has 0 fully saturated rings. The lowest BCUT2D eigenvalue weighted by Gasteiger charge is -2.25. The van der Waals surface area contributed by atoms with Crippen LogP contribution in [0, 0.1) is 0 Å². The Morgan fingerprint density at radius 3 is 2.32 bits per heavy atom. The summed E-state index contributed by atoms with van der Waals surface area (Å²) >= 11 is 0. The topological polar surface area (TPSA) is 3.24 Å². The van der Waals surface area contributed by atoms with Gasteiger partial charge < -0.3 is 4.90 Å². The van der Waals surface area contributed by atoms with Gasteiger partial charge in [0.15, 0.2) is 0 Å². The van der Waals surface area contributed by atoms with Gasteiger partial charge in [-0.3, -0.25) is 0 Å². The largest absolute Gasteiger partial charge is 0.345 e. The Balaban J connectivity index is 1.43. The van der Waals surface area contributed by atoms with Crippen molar-refractivity contribution in [2.75, 3.05) is 11.9 Å². The maximum Gasteiger partial charge on any atom is 0.0417 e. The highest BCUT2D eigenvalue weighted by Crippen LogP contribution is 2.41. The predicted molar refractivity (Wildman–Crippen MR) is 132 cm³/mol. The Bertz CT molecular complexity index is 1310. The van der Waals surface area contributed by atoms with E-state index in [0.717, 1.165) is 19.3 Å². The molecule has 6 rings (SSSR count). The standard InChI is InChI=1S/C30H25N/c1-31(25-15-16-29-24(19-25)17-22-11-5-7-13-27(22)29)26-18-23-12-6-8-14-28(23)30(20-26)21-9-3-2-4-10-21/h2-5,7-11,13-16,18-20H,6,12,17H2,1H3. The second-order valence-corrected chi connectivity index (χ2v) is 8.61. The third-order valence-corrected chi connectivity index (χ3v) is 6.75. The molecule has 0 bridgehead atoms. The number of hydrogen-bond acceptors (Lipinski definition) is 1. The zero-order valence-electron chi connectivity index (χ0n) is 17.8. The summed E-state index contributed by atoms with van der Waals surface area (Å²) in [5, 5.41) is 0. The van der Waals surface area contributed by atoms with Gasteiger partial charge in [-0.25, -0.2) is 0 Å². The highest BCUT2D eigenvalue weighted by atomic mass is 15.1. The molecule has 1 heteroatoms. The number of anilines is 2. The van der Waals surface area contributed by atoms with E-state index in [1.807, 2.05) is 0 Å². The molecule has 0 saturated carbocycles. The van der Waals surface area contributed by atoms with Crippen molar-refractivity contribution in [3.63, 3.8) is 0 Å². The van der Waals surface area contributed by atoms with Crippen molar-refractivity contribution in [3.05, 3.63) is 113 Å². The smallest absolute Gasteiger partial charge is 0.0417 e. The molecule has 4 aromatic carbocycles. The van der Waals surface area contributed by atoms with Crippen LogP contribution in [0.25, 0.3) is 28.3 Å². The van der Waals surface area contributed by atoms with Gasteiger partial charge in [-0.1, -0.05) is 72.8 Å². The number of aryl methyl sites for hydroxylation is 1. The van der Waals surface area contributed by atoms with Crippen molar-refractivity contribution in [1.29, 1.82) is 0 Å². The minimum Gasteiger partial charge on any atom is -0.345 e. The molecular formula is C30H25N. The average Bonchev–Trinajstić information content (AvgIpc) is 3.21. The molecule has 31 heavy (non-hydrogen) atoms. The number of nitrogens with zero attached hydrogens (tertiary/aromatic N) is 1. The molecular weight excluding hydrogens is 374 g/mol. The summed E-state index contributed by atoms with van der Waals surface area (Å²) in [7, 11) is 2.19. The Kier molecular flexibility index (Phi) is 4.28. The van der Waals surface area contributed by atoms with Crippen LogP contribution in [0.2, 0.25) is 0 Å². The van der Waals surface area contributed by atoms with Crippen molar-refractivity contribution in [1.82, 2.24) is 0 Å². The van der Waals surface area contributed by atoms with Gasteiger partial charge in [-0.2, -0.15) is 0 Å². The summed E-state index contributed by atoms with van der Waals surface area (Å²) in [5.74, 6) is 0. The van der Waals surface area contributed by atoms with E-state index >= 15 is 0 Å². The first-order chi connectivity index (χ1) is 15.3. The van der Waals surface area contributed by atoms with Crippen LogP contribution in [0.15, 0.2) is 91.0 Å². The zero-order valence-corrected chi connectivity index (χ0v) is 17.8. The van der Waals surface area contributed by atoms with Crippen molar-refractivity contribution in [2.45, 2.75) is 19.3 Å². The van der Waals surface area contributed by atoms with Gasteiger partial charge in [0, 0.05) is 18.4 Å². The Hall–Kier alpha value is -3.58. The van der Waals surface area contributed by atoms with Gasteiger partial charge in [0.05, 0.1) is 0 Å². The molecule has 4 aromatic rings. The highest BCUT2D eigenvalue weighted by Gasteiger charge is 2.20. The van der Waals surface area contributed by atoms with Crippen LogP contribution in [-0.2, 0) is 12.8 Å². The normalized spacial score (nSPS) is 13.5. The quantitative estimate of drug-likeness (QED) is 0.301. The lowest BCUT2D eigenvalue weighted by molar-refractivity contribution is 0.984. The minimum absolute atomic E-state index is 1.03. The number of fused-ring (bicyclic) bond motifs is 4. The molecule has 0 amide bonds. The molecule has 0 spiro atoms. The molecule has 0 saturated heterocycles. The van der Waals surface area contributed by atoms with Crippen LogP contribution in [0.4, 0.5) is 11.4 Å².